The highest BCUT2D eigenvalue weighted by atomic mass is 32.2. The second-order valence-electron chi connectivity index (χ2n) is 6.88. The van der Waals surface area contributed by atoms with Gasteiger partial charge in [-0.05, 0) is 62.6 Å². The Hall–Kier alpha value is -3.13. The maximum atomic E-state index is 12.6. The first kappa shape index (κ1) is 20.6. The zero-order valence-corrected chi connectivity index (χ0v) is 17.2. The molecule has 152 valence electrons. The number of rotatable bonds is 8. The number of carbonyl (C=O) groups excluding carboxylic acids is 1. The second-order valence-corrected chi connectivity index (χ2v) is 8.56. The lowest BCUT2D eigenvalue weighted by atomic mass is 10.1. The number of benzene rings is 2. The molecule has 29 heavy (non-hydrogen) atoms. The number of carbonyl (C=O) groups is 1. The Morgan fingerprint density at radius 2 is 1.86 bits per heavy atom. The monoisotopic (exact) mass is 412 g/mol. The van der Waals surface area contributed by atoms with E-state index in [1.807, 2.05) is 26.0 Å². The number of nitrogens with zero attached hydrogens (tertiary/aromatic N) is 1. The molecule has 1 aromatic heterocycles. The molecule has 1 heterocycles. The van der Waals surface area contributed by atoms with Crippen molar-refractivity contribution in [1.29, 1.82) is 0 Å². The van der Waals surface area contributed by atoms with Crippen LogP contribution in [0.1, 0.15) is 33.6 Å². The van der Waals surface area contributed by atoms with Gasteiger partial charge in [-0.25, -0.2) is 8.42 Å². The summed E-state index contributed by atoms with van der Waals surface area (Å²) in [5, 5.41) is 9.69. The zero-order chi connectivity index (χ0) is 20.9. The first-order valence-corrected chi connectivity index (χ1v) is 10.8. The van der Waals surface area contributed by atoms with Gasteiger partial charge in [0, 0.05) is 23.5 Å². The number of aromatic amines is 1. The summed E-state index contributed by atoms with van der Waals surface area (Å²) >= 11 is 0. The van der Waals surface area contributed by atoms with Crippen molar-refractivity contribution in [2.24, 2.45) is 0 Å². The Labute approximate surface area is 170 Å². The fourth-order valence-electron chi connectivity index (χ4n) is 2.85. The van der Waals surface area contributed by atoms with Crippen molar-refractivity contribution in [2.75, 3.05) is 11.3 Å². The molecule has 0 aliphatic heterocycles. The maximum Gasteiger partial charge on any atom is 0.261 e. The summed E-state index contributed by atoms with van der Waals surface area (Å²) < 4.78 is 27.8. The van der Waals surface area contributed by atoms with Gasteiger partial charge in [0.05, 0.1) is 11.1 Å². The highest BCUT2D eigenvalue weighted by molar-refractivity contribution is 7.92. The van der Waals surface area contributed by atoms with Gasteiger partial charge in [-0.15, -0.1) is 0 Å². The van der Waals surface area contributed by atoms with E-state index < -0.39 is 10.0 Å². The Balaban J connectivity index is 1.61. The maximum absolute atomic E-state index is 12.6. The van der Waals surface area contributed by atoms with Gasteiger partial charge in [-0.2, -0.15) is 5.10 Å². The standard InChI is InChI=1S/C21H24N4O3S/c1-15-8-10-19(11-9-15)25-29(27,28)20-7-3-5-17(13-20)21(26)22-12-4-6-18-14-23-24-16(18)2/h3,5,7-11,13-14,25H,4,6,12H2,1-2H3,(H,22,26)(H,23,24). The van der Waals surface area contributed by atoms with Gasteiger partial charge in [-0.1, -0.05) is 23.8 Å². The van der Waals surface area contributed by atoms with Crippen molar-refractivity contribution in [1.82, 2.24) is 15.5 Å². The zero-order valence-electron chi connectivity index (χ0n) is 16.4. The molecule has 0 saturated heterocycles. The van der Waals surface area contributed by atoms with Gasteiger partial charge in [0.1, 0.15) is 0 Å². The SMILES string of the molecule is Cc1ccc(NS(=O)(=O)c2cccc(C(=O)NCCCc3cn[nH]c3C)c2)cc1. The van der Waals surface area contributed by atoms with E-state index >= 15 is 0 Å². The molecule has 0 bridgehead atoms. The predicted molar refractivity (Wildman–Crippen MR) is 112 cm³/mol. The van der Waals surface area contributed by atoms with Crippen LogP contribution in [0.3, 0.4) is 0 Å². The largest absolute Gasteiger partial charge is 0.352 e. The third-order valence-electron chi connectivity index (χ3n) is 4.55. The molecule has 0 aliphatic carbocycles. The molecule has 0 fully saturated rings. The van der Waals surface area contributed by atoms with Gasteiger partial charge >= 0.3 is 0 Å². The number of H-pyrrole nitrogens is 1. The smallest absolute Gasteiger partial charge is 0.261 e. The van der Waals surface area contributed by atoms with Crippen LogP contribution in [0.4, 0.5) is 5.69 Å². The van der Waals surface area contributed by atoms with Crippen molar-refractivity contribution < 1.29 is 13.2 Å². The highest BCUT2D eigenvalue weighted by Gasteiger charge is 2.16. The molecular weight excluding hydrogens is 388 g/mol. The van der Waals surface area contributed by atoms with E-state index in [0.29, 0.717) is 17.8 Å². The van der Waals surface area contributed by atoms with Crippen LogP contribution in [0, 0.1) is 13.8 Å². The average molecular weight is 413 g/mol. The number of amides is 1. The lowest BCUT2D eigenvalue weighted by Gasteiger charge is -2.10. The number of hydrogen-bond acceptors (Lipinski definition) is 4. The van der Waals surface area contributed by atoms with E-state index in [1.165, 1.54) is 12.1 Å². The first-order chi connectivity index (χ1) is 13.8. The molecule has 8 heteroatoms. The Morgan fingerprint density at radius 3 is 2.55 bits per heavy atom. The summed E-state index contributed by atoms with van der Waals surface area (Å²) in [4.78, 5) is 12.4. The molecular formula is C21H24N4O3S. The normalized spacial score (nSPS) is 11.2. The number of aromatic nitrogens is 2. The van der Waals surface area contributed by atoms with Gasteiger partial charge < -0.3 is 5.32 Å². The van der Waals surface area contributed by atoms with Crippen LogP contribution < -0.4 is 10.0 Å². The van der Waals surface area contributed by atoms with Gasteiger partial charge in [-0.3, -0.25) is 14.6 Å². The van der Waals surface area contributed by atoms with E-state index in [0.717, 1.165) is 29.7 Å². The molecule has 2 aromatic carbocycles. The second kappa shape index (κ2) is 8.91. The summed E-state index contributed by atoms with van der Waals surface area (Å²) in [5.74, 6) is -0.304. The lowest BCUT2D eigenvalue weighted by Crippen LogP contribution is -2.25. The number of anilines is 1. The van der Waals surface area contributed by atoms with Crippen LogP contribution in [0.2, 0.25) is 0 Å². The van der Waals surface area contributed by atoms with E-state index in [9.17, 15) is 13.2 Å². The van der Waals surface area contributed by atoms with Crippen LogP contribution in [0.15, 0.2) is 59.6 Å². The molecule has 0 spiro atoms. The molecule has 0 saturated carbocycles. The topological polar surface area (TPSA) is 104 Å². The summed E-state index contributed by atoms with van der Waals surface area (Å²) in [6, 6.07) is 13.1. The lowest BCUT2D eigenvalue weighted by molar-refractivity contribution is 0.0953. The molecule has 0 radical (unpaired) electrons. The number of aryl methyl sites for hydroxylation is 3. The number of nitrogens with one attached hydrogen (secondary N) is 3. The van der Waals surface area contributed by atoms with E-state index in [1.54, 1.807) is 30.5 Å². The Morgan fingerprint density at radius 1 is 1.10 bits per heavy atom. The minimum atomic E-state index is -3.78. The third kappa shape index (κ3) is 5.45. The van der Waals surface area contributed by atoms with Crippen molar-refractivity contribution in [3.63, 3.8) is 0 Å². The summed E-state index contributed by atoms with van der Waals surface area (Å²) in [6.45, 7) is 4.37. The molecule has 0 unspecified atom stereocenters. The van der Waals surface area contributed by atoms with Gasteiger partial charge in [0.15, 0.2) is 0 Å². The van der Waals surface area contributed by atoms with Crippen molar-refractivity contribution in [3.05, 3.63) is 77.1 Å². The Bertz CT molecular complexity index is 1090. The van der Waals surface area contributed by atoms with E-state index in [2.05, 4.69) is 20.2 Å². The fourth-order valence-corrected chi connectivity index (χ4v) is 3.95. The van der Waals surface area contributed by atoms with Gasteiger partial charge in [0.2, 0.25) is 0 Å². The minimum absolute atomic E-state index is 0.0414. The molecule has 3 N–H and O–H groups in total. The summed E-state index contributed by atoms with van der Waals surface area (Å²) in [7, 11) is -3.78. The van der Waals surface area contributed by atoms with Crippen molar-refractivity contribution in [2.45, 2.75) is 31.6 Å². The quantitative estimate of drug-likeness (QED) is 0.494. The van der Waals surface area contributed by atoms with Crippen molar-refractivity contribution >= 4 is 21.6 Å². The molecule has 7 nitrogen and oxygen atoms in total. The average Bonchev–Trinajstić information content (AvgIpc) is 3.11. The molecule has 0 aliphatic rings. The minimum Gasteiger partial charge on any atom is -0.352 e. The molecule has 0 atom stereocenters. The first-order valence-electron chi connectivity index (χ1n) is 9.32. The fraction of sp³-hybridized carbons (Fsp3) is 0.238. The van der Waals surface area contributed by atoms with Crippen LogP contribution in [-0.2, 0) is 16.4 Å². The van der Waals surface area contributed by atoms with E-state index in [-0.39, 0.29) is 10.8 Å². The molecule has 3 rings (SSSR count). The van der Waals surface area contributed by atoms with Gasteiger partial charge in [0.25, 0.3) is 15.9 Å². The highest BCUT2D eigenvalue weighted by Crippen LogP contribution is 2.18. The van der Waals surface area contributed by atoms with E-state index in [4.69, 9.17) is 0 Å². The third-order valence-corrected chi connectivity index (χ3v) is 5.93. The number of sulfonamides is 1. The summed E-state index contributed by atoms with van der Waals surface area (Å²) in [6.07, 6.45) is 3.35. The predicted octanol–water partition coefficient (Wildman–Crippen LogP) is 3.19. The van der Waals surface area contributed by atoms with Crippen LogP contribution in [0.25, 0.3) is 0 Å². The Kier molecular flexibility index (Phi) is 6.33. The summed E-state index contributed by atoms with van der Waals surface area (Å²) in [5.41, 5.74) is 3.95. The van der Waals surface area contributed by atoms with Crippen LogP contribution in [0.5, 0.6) is 0 Å². The molecule has 1 amide bonds. The van der Waals surface area contributed by atoms with Crippen molar-refractivity contribution in [3.8, 4) is 0 Å². The molecule has 3 aromatic rings. The van der Waals surface area contributed by atoms with Crippen LogP contribution >= 0.6 is 0 Å². The number of hydrogen-bond donors (Lipinski definition) is 3. The van der Waals surface area contributed by atoms with Crippen LogP contribution in [-0.4, -0.2) is 31.1 Å².